The van der Waals surface area contributed by atoms with E-state index in [0.29, 0.717) is 34.6 Å². The number of ether oxygens (including phenoxy) is 2. The van der Waals surface area contributed by atoms with Crippen LogP contribution in [-0.4, -0.2) is 25.0 Å². The molecule has 138 valence electrons. The zero-order valence-electron chi connectivity index (χ0n) is 14.6. The zero-order chi connectivity index (χ0) is 18.9. The van der Waals surface area contributed by atoms with Crippen molar-refractivity contribution in [2.45, 2.75) is 13.8 Å². The summed E-state index contributed by atoms with van der Waals surface area (Å²) in [4.78, 5) is 23.7. The lowest BCUT2D eigenvalue weighted by Crippen LogP contribution is -2.43. The average molecular weight is 377 g/mol. The maximum absolute atomic E-state index is 12.0. The molecule has 0 radical (unpaired) electrons. The Morgan fingerprint density at radius 3 is 2.12 bits per heavy atom. The number of hydrazine groups is 1. The number of halogens is 1. The molecule has 0 heterocycles. The molecule has 2 N–H and O–H groups in total. The number of nitrogens with one attached hydrogen (secondary N) is 2. The lowest BCUT2D eigenvalue weighted by Gasteiger charge is -2.10. The molecule has 7 heteroatoms. The van der Waals surface area contributed by atoms with E-state index in [2.05, 4.69) is 24.7 Å². The van der Waals surface area contributed by atoms with E-state index in [1.807, 2.05) is 0 Å². The van der Waals surface area contributed by atoms with E-state index in [-0.39, 0.29) is 6.61 Å². The number of carbonyl (C=O) groups is 2. The predicted molar refractivity (Wildman–Crippen MR) is 99.3 cm³/mol. The third-order valence-corrected chi connectivity index (χ3v) is 3.45. The summed E-state index contributed by atoms with van der Waals surface area (Å²) in [6.45, 7) is 4.49. The van der Waals surface area contributed by atoms with Crippen LogP contribution in [0.3, 0.4) is 0 Å². The first-order chi connectivity index (χ1) is 12.4. The second-order valence-corrected chi connectivity index (χ2v) is 6.41. The van der Waals surface area contributed by atoms with Crippen LogP contribution >= 0.6 is 11.6 Å². The summed E-state index contributed by atoms with van der Waals surface area (Å²) < 4.78 is 10.8. The minimum absolute atomic E-state index is 0.232. The first-order valence-corrected chi connectivity index (χ1v) is 8.52. The summed E-state index contributed by atoms with van der Waals surface area (Å²) >= 11 is 5.77. The van der Waals surface area contributed by atoms with Gasteiger partial charge in [-0.1, -0.05) is 25.4 Å². The molecule has 2 rings (SSSR count). The molecule has 2 amide bonds. The molecule has 0 aliphatic rings. The Morgan fingerprint density at radius 1 is 0.923 bits per heavy atom. The summed E-state index contributed by atoms with van der Waals surface area (Å²) in [5, 5.41) is 0.578. The van der Waals surface area contributed by atoms with Gasteiger partial charge < -0.3 is 9.47 Å². The number of hydrogen-bond donors (Lipinski definition) is 2. The van der Waals surface area contributed by atoms with E-state index < -0.39 is 11.8 Å². The number of benzene rings is 2. The first-order valence-electron chi connectivity index (χ1n) is 8.14. The minimum atomic E-state index is -0.481. The Morgan fingerprint density at radius 2 is 1.50 bits per heavy atom. The molecule has 0 fully saturated rings. The van der Waals surface area contributed by atoms with Crippen LogP contribution in [0.2, 0.25) is 5.02 Å². The molecule has 6 nitrogen and oxygen atoms in total. The molecule has 2 aromatic rings. The fourth-order valence-corrected chi connectivity index (χ4v) is 2.01. The summed E-state index contributed by atoms with van der Waals surface area (Å²) in [5.74, 6) is 0.706. The monoisotopic (exact) mass is 376 g/mol. The molecule has 2 aromatic carbocycles. The molecule has 0 unspecified atom stereocenters. The zero-order valence-corrected chi connectivity index (χ0v) is 15.4. The average Bonchev–Trinajstić information content (AvgIpc) is 2.64. The molecular formula is C19H21ClN2O4. The SMILES string of the molecule is CC(C)COc1ccc(C(=O)NNC(=O)COc2ccc(Cl)cc2)cc1. The van der Waals surface area contributed by atoms with E-state index in [1.54, 1.807) is 48.5 Å². The third kappa shape index (κ3) is 6.64. The van der Waals surface area contributed by atoms with E-state index in [1.165, 1.54) is 0 Å². The maximum atomic E-state index is 12.0. The largest absolute Gasteiger partial charge is 0.493 e. The molecule has 0 aromatic heterocycles. The van der Waals surface area contributed by atoms with Crippen LogP contribution in [-0.2, 0) is 4.79 Å². The number of amides is 2. The second kappa shape index (κ2) is 9.68. The molecule has 0 bridgehead atoms. The van der Waals surface area contributed by atoms with Crippen molar-refractivity contribution < 1.29 is 19.1 Å². The highest BCUT2D eigenvalue weighted by molar-refractivity contribution is 6.30. The van der Waals surface area contributed by atoms with Crippen molar-refractivity contribution in [1.29, 1.82) is 0 Å². The molecule has 0 aliphatic heterocycles. The van der Waals surface area contributed by atoms with Crippen molar-refractivity contribution in [2.24, 2.45) is 5.92 Å². The fourth-order valence-electron chi connectivity index (χ4n) is 1.88. The van der Waals surface area contributed by atoms with Crippen LogP contribution in [0.15, 0.2) is 48.5 Å². The molecule has 0 saturated heterocycles. The van der Waals surface area contributed by atoms with Crippen molar-refractivity contribution in [2.75, 3.05) is 13.2 Å². The van der Waals surface area contributed by atoms with Crippen LogP contribution < -0.4 is 20.3 Å². The van der Waals surface area contributed by atoms with Crippen LogP contribution in [0, 0.1) is 5.92 Å². The van der Waals surface area contributed by atoms with Crippen molar-refractivity contribution in [3.63, 3.8) is 0 Å². The van der Waals surface area contributed by atoms with Crippen LogP contribution in [0.25, 0.3) is 0 Å². The van der Waals surface area contributed by atoms with Gasteiger partial charge in [-0.05, 0) is 54.4 Å². The molecular weight excluding hydrogens is 356 g/mol. The molecule has 0 atom stereocenters. The lowest BCUT2D eigenvalue weighted by molar-refractivity contribution is -0.123. The Hall–Kier alpha value is -2.73. The number of hydrogen-bond acceptors (Lipinski definition) is 4. The van der Waals surface area contributed by atoms with E-state index in [9.17, 15) is 9.59 Å². The van der Waals surface area contributed by atoms with Crippen LogP contribution in [0.1, 0.15) is 24.2 Å². The van der Waals surface area contributed by atoms with Crippen molar-refractivity contribution in [1.82, 2.24) is 10.9 Å². The quantitative estimate of drug-likeness (QED) is 0.727. The predicted octanol–water partition coefficient (Wildman–Crippen LogP) is 3.21. The molecule has 26 heavy (non-hydrogen) atoms. The van der Waals surface area contributed by atoms with Gasteiger partial charge in [-0.15, -0.1) is 0 Å². The van der Waals surface area contributed by atoms with Crippen molar-refractivity contribution in [3.8, 4) is 11.5 Å². The Balaban J connectivity index is 1.74. The second-order valence-electron chi connectivity index (χ2n) is 5.97. The Kier molecular flexibility index (Phi) is 7.29. The third-order valence-electron chi connectivity index (χ3n) is 3.20. The summed E-state index contributed by atoms with van der Waals surface area (Å²) in [5.41, 5.74) is 5.03. The highest BCUT2D eigenvalue weighted by Gasteiger charge is 2.08. The number of carbonyl (C=O) groups excluding carboxylic acids is 2. The summed E-state index contributed by atoms with van der Waals surface area (Å²) in [7, 11) is 0. The van der Waals surface area contributed by atoms with E-state index in [0.717, 1.165) is 0 Å². The normalized spacial score (nSPS) is 10.3. The standard InChI is InChI=1S/C19H21ClN2O4/c1-13(2)11-25-16-7-3-14(4-8-16)19(24)22-21-18(23)12-26-17-9-5-15(20)6-10-17/h3-10,13H,11-12H2,1-2H3,(H,21,23)(H,22,24). The van der Waals surface area contributed by atoms with Gasteiger partial charge in [0.1, 0.15) is 11.5 Å². The first kappa shape index (κ1) is 19.6. The van der Waals surface area contributed by atoms with E-state index >= 15 is 0 Å². The van der Waals surface area contributed by atoms with Crippen molar-refractivity contribution in [3.05, 3.63) is 59.1 Å². The Bertz CT molecular complexity index is 730. The fraction of sp³-hybridized carbons (Fsp3) is 0.263. The number of rotatable bonds is 7. The molecule has 0 saturated carbocycles. The van der Waals surface area contributed by atoms with Crippen LogP contribution in [0.5, 0.6) is 11.5 Å². The van der Waals surface area contributed by atoms with Gasteiger partial charge in [0, 0.05) is 10.6 Å². The van der Waals surface area contributed by atoms with Gasteiger partial charge >= 0.3 is 0 Å². The van der Waals surface area contributed by atoms with Crippen LogP contribution in [0.4, 0.5) is 0 Å². The van der Waals surface area contributed by atoms with Gasteiger partial charge in [0.25, 0.3) is 11.8 Å². The van der Waals surface area contributed by atoms with Gasteiger partial charge in [-0.2, -0.15) is 0 Å². The van der Waals surface area contributed by atoms with Gasteiger partial charge in [0.2, 0.25) is 0 Å². The Labute approximate surface area is 157 Å². The highest BCUT2D eigenvalue weighted by atomic mass is 35.5. The van der Waals surface area contributed by atoms with E-state index in [4.69, 9.17) is 21.1 Å². The summed E-state index contributed by atoms with van der Waals surface area (Å²) in [6.07, 6.45) is 0. The lowest BCUT2D eigenvalue weighted by atomic mass is 10.2. The molecule has 0 aliphatic carbocycles. The minimum Gasteiger partial charge on any atom is -0.493 e. The van der Waals surface area contributed by atoms with Gasteiger partial charge in [-0.3, -0.25) is 20.4 Å². The van der Waals surface area contributed by atoms with Gasteiger partial charge in [0.15, 0.2) is 6.61 Å². The maximum Gasteiger partial charge on any atom is 0.276 e. The highest BCUT2D eigenvalue weighted by Crippen LogP contribution is 2.15. The van der Waals surface area contributed by atoms with Gasteiger partial charge in [0.05, 0.1) is 6.61 Å². The molecule has 0 spiro atoms. The van der Waals surface area contributed by atoms with Gasteiger partial charge in [-0.25, -0.2) is 0 Å². The van der Waals surface area contributed by atoms with Crippen molar-refractivity contribution >= 4 is 23.4 Å². The summed E-state index contributed by atoms with van der Waals surface area (Å²) in [6, 6.07) is 13.3. The smallest absolute Gasteiger partial charge is 0.276 e. The topological polar surface area (TPSA) is 76.7 Å².